The lowest BCUT2D eigenvalue weighted by atomic mass is 9.97. The fourth-order valence-corrected chi connectivity index (χ4v) is 7.04. The maximum Gasteiger partial charge on any atom is 0.273 e. The van der Waals surface area contributed by atoms with Gasteiger partial charge in [0.05, 0.1) is 4.88 Å². The van der Waals surface area contributed by atoms with Gasteiger partial charge in [0.25, 0.3) is 11.5 Å². The van der Waals surface area contributed by atoms with Gasteiger partial charge in [-0.2, -0.15) is 0 Å². The fourth-order valence-electron chi connectivity index (χ4n) is 5.89. The van der Waals surface area contributed by atoms with E-state index in [-0.39, 0.29) is 18.1 Å². The number of nitrogens with one attached hydrogen (secondary N) is 2. The van der Waals surface area contributed by atoms with E-state index in [9.17, 15) is 14.7 Å². The minimum Gasteiger partial charge on any atom is -0.396 e. The number of aromatic nitrogens is 1. The fraction of sp³-hybridized carbons (Fsp3) is 0.412. The molecular weight excluding hydrogens is 544 g/mol. The average molecular weight is 587 g/mol. The highest BCUT2D eigenvalue weighted by Crippen LogP contribution is 2.32. The molecule has 3 aromatic rings. The van der Waals surface area contributed by atoms with E-state index in [1.807, 2.05) is 50.4 Å². The number of carbonyl (C=O) groups is 1. The molecule has 0 spiro atoms. The molecule has 0 bridgehead atoms. The number of fused-ring (bicyclic) bond motifs is 1. The molecule has 5 rings (SSSR count). The number of thiophene rings is 1. The molecule has 1 amide bonds. The van der Waals surface area contributed by atoms with Crippen molar-refractivity contribution >= 4 is 28.6 Å². The molecule has 2 aliphatic rings. The van der Waals surface area contributed by atoms with Crippen molar-refractivity contribution in [1.82, 2.24) is 9.47 Å². The zero-order valence-corrected chi connectivity index (χ0v) is 25.9. The van der Waals surface area contributed by atoms with Crippen LogP contribution in [0.4, 0.5) is 11.4 Å². The Bertz CT molecular complexity index is 1550. The van der Waals surface area contributed by atoms with Crippen molar-refractivity contribution in [3.63, 3.8) is 0 Å². The van der Waals surface area contributed by atoms with Gasteiger partial charge in [-0.05, 0) is 112 Å². The molecule has 1 aromatic carbocycles. The van der Waals surface area contributed by atoms with Crippen molar-refractivity contribution in [3.05, 3.63) is 91.3 Å². The van der Waals surface area contributed by atoms with Crippen molar-refractivity contribution in [2.45, 2.75) is 59.3 Å². The number of piperidine rings is 1. The smallest absolute Gasteiger partial charge is 0.273 e. The first-order valence-electron chi connectivity index (χ1n) is 14.9. The lowest BCUT2D eigenvalue weighted by Crippen LogP contribution is -2.33. The molecule has 42 heavy (non-hydrogen) atoms. The average Bonchev–Trinajstić information content (AvgIpc) is 3.44. The molecule has 2 aromatic heterocycles. The molecule has 3 N–H and O–H groups in total. The predicted molar refractivity (Wildman–Crippen MR) is 173 cm³/mol. The molecule has 0 saturated carbocycles. The Morgan fingerprint density at radius 3 is 2.57 bits per heavy atom. The van der Waals surface area contributed by atoms with Gasteiger partial charge in [-0.3, -0.25) is 9.59 Å². The number of amides is 1. The van der Waals surface area contributed by atoms with Crippen LogP contribution in [0.1, 0.15) is 65.2 Å². The summed E-state index contributed by atoms with van der Waals surface area (Å²) >= 11 is 1.62. The number of aliphatic hydroxyl groups excluding tert-OH is 1. The summed E-state index contributed by atoms with van der Waals surface area (Å²) < 4.78 is 1.60. The molecule has 1 aliphatic heterocycles. The van der Waals surface area contributed by atoms with Gasteiger partial charge in [0.15, 0.2) is 0 Å². The molecule has 1 saturated heterocycles. The van der Waals surface area contributed by atoms with Crippen LogP contribution < -0.4 is 16.2 Å². The van der Waals surface area contributed by atoms with Crippen LogP contribution >= 0.6 is 11.3 Å². The number of anilines is 2. The van der Waals surface area contributed by atoms with Gasteiger partial charge in [0, 0.05) is 60.5 Å². The summed E-state index contributed by atoms with van der Waals surface area (Å²) in [6.07, 6.45) is 12.5. The monoisotopic (exact) mass is 586 g/mol. The van der Waals surface area contributed by atoms with Gasteiger partial charge >= 0.3 is 0 Å². The SMILES string of the molecule is C/C(=C\C=C(/C)N1CCC(CO)CC1)Nc1cc(-c2cccc(NC(=O)c3cc4c(s3)CCCC4)c2C)cn(C)c1=O. The van der Waals surface area contributed by atoms with Crippen LogP contribution in [-0.2, 0) is 19.9 Å². The topological polar surface area (TPSA) is 86.6 Å². The summed E-state index contributed by atoms with van der Waals surface area (Å²) in [5, 5.41) is 15.8. The summed E-state index contributed by atoms with van der Waals surface area (Å²) in [7, 11) is 1.76. The summed E-state index contributed by atoms with van der Waals surface area (Å²) in [5.74, 6) is 0.336. The van der Waals surface area contributed by atoms with Crippen LogP contribution in [0.3, 0.4) is 0 Å². The number of aliphatic hydroxyl groups is 1. The number of hydrogen-bond acceptors (Lipinski definition) is 6. The van der Waals surface area contributed by atoms with Crippen LogP contribution in [0.15, 0.2) is 64.9 Å². The Morgan fingerprint density at radius 2 is 1.83 bits per heavy atom. The van der Waals surface area contributed by atoms with Gasteiger partial charge in [0.1, 0.15) is 5.69 Å². The van der Waals surface area contributed by atoms with Crippen LogP contribution in [0.5, 0.6) is 0 Å². The molecule has 7 nitrogen and oxygen atoms in total. The largest absolute Gasteiger partial charge is 0.396 e. The van der Waals surface area contributed by atoms with Crippen molar-refractivity contribution in [2.75, 3.05) is 30.3 Å². The van der Waals surface area contributed by atoms with Gasteiger partial charge < -0.3 is 25.2 Å². The lowest BCUT2D eigenvalue weighted by Gasteiger charge is -2.33. The summed E-state index contributed by atoms with van der Waals surface area (Å²) in [6.45, 7) is 8.23. The minimum atomic E-state index is -0.109. The Morgan fingerprint density at radius 1 is 1.07 bits per heavy atom. The molecule has 0 unspecified atom stereocenters. The second-order valence-electron chi connectivity index (χ2n) is 11.7. The number of nitrogens with zero attached hydrogens (tertiary/aromatic N) is 2. The highest BCUT2D eigenvalue weighted by molar-refractivity contribution is 7.14. The standard InChI is InChI=1S/C34H42N4O3S/c1-22(12-13-23(2)38-16-14-25(21-39)15-17-38)35-30-18-27(20-37(4)34(30)41)28-9-7-10-29(24(28)3)36-33(40)32-19-26-8-5-6-11-31(26)42-32/h7,9-10,12-13,18-20,25,35,39H,5-6,8,11,14-17,21H2,1-4H3,(H,36,40)/b22-12+,23-13+. The number of likely N-dealkylation sites (tertiary alicyclic amines) is 1. The molecular formula is C34H42N4O3S. The van der Waals surface area contributed by atoms with E-state index in [1.54, 1.807) is 23.0 Å². The summed E-state index contributed by atoms with van der Waals surface area (Å²) in [4.78, 5) is 30.7. The van der Waals surface area contributed by atoms with Gasteiger partial charge in [0.2, 0.25) is 0 Å². The van der Waals surface area contributed by atoms with Crippen molar-refractivity contribution < 1.29 is 9.90 Å². The van der Waals surface area contributed by atoms with Crippen LogP contribution in [-0.4, -0.2) is 40.2 Å². The predicted octanol–water partition coefficient (Wildman–Crippen LogP) is 6.48. The van der Waals surface area contributed by atoms with E-state index in [4.69, 9.17) is 0 Å². The Hall–Kier alpha value is -3.62. The number of allylic oxidation sites excluding steroid dienone is 4. The number of rotatable bonds is 8. The molecule has 0 atom stereocenters. The van der Waals surface area contributed by atoms with E-state index in [1.165, 1.54) is 29.0 Å². The Balaban J connectivity index is 1.33. The first-order chi connectivity index (χ1) is 20.2. The molecule has 222 valence electrons. The third-order valence-corrected chi connectivity index (χ3v) is 9.81. The molecule has 8 heteroatoms. The van der Waals surface area contributed by atoms with Gasteiger partial charge in [-0.1, -0.05) is 12.1 Å². The van der Waals surface area contributed by atoms with E-state index in [2.05, 4.69) is 34.6 Å². The van der Waals surface area contributed by atoms with Crippen LogP contribution in [0.2, 0.25) is 0 Å². The quantitative estimate of drug-likeness (QED) is 0.263. The number of carbonyl (C=O) groups excluding carboxylic acids is 1. The minimum absolute atomic E-state index is 0.0701. The number of aryl methyl sites for hydroxylation is 3. The maximum atomic E-state index is 13.2. The first kappa shape index (κ1) is 29.9. The number of hydrogen-bond donors (Lipinski definition) is 3. The van der Waals surface area contributed by atoms with Crippen molar-refractivity contribution in [1.29, 1.82) is 0 Å². The van der Waals surface area contributed by atoms with Gasteiger partial charge in [-0.25, -0.2) is 0 Å². The Kier molecular flexibility index (Phi) is 9.34. The molecule has 0 radical (unpaired) electrons. The maximum absolute atomic E-state index is 13.2. The number of pyridine rings is 1. The first-order valence-corrected chi connectivity index (χ1v) is 15.8. The number of benzene rings is 1. The molecule has 1 aliphatic carbocycles. The summed E-state index contributed by atoms with van der Waals surface area (Å²) in [5.41, 5.74) is 7.33. The lowest BCUT2D eigenvalue weighted by molar-refractivity contribution is 0.103. The highest BCUT2D eigenvalue weighted by Gasteiger charge is 2.20. The van der Waals surface area contributed by atoms with Crippen LogP contribution in [0.25, 0.3) is 11.1 Å². The normalized spacial score (nSPS) is 16.4. The second kappa shape index (κ2) is 13.1. The van der Waals surface area contributed by atoms with E-state index in [0.717, 1.165) is 71.7 Å². The molecule has 3 heterocycles. The van der Waals surface area contributed by atoms with Crippen molar-refractivity contribution in [2.24, 2.45) is 13.0 Å². The highest BCUT2D eigenvalue weighted by atomic mass is 32.1. The second-order valence-corrected chi connectivity index (χ2v) is 12.8. The summed E-state index contributed by atoms with van der Waals surface area (Å²) in [6, 6.07) is 9.84. The van der Waals surface area contributed by atoms with E-state index < -0.39 is 0 Å². The third-order valence-electron chi connectivity index (χ3n) is 8.57. The van der Waals surface area contributed by atoms with Gasteiger partial charge in [-0.15, -0.1) is 11.3 Å². The zero-order chi connectivity index (χ0) is 29.8. The van der Waals surface area contributed by atoms with Crippen LogP contribution in [0, 0.1) is 12.8 Å². The third kappa shape index (κ3) is 6.71. The van der Waals surface area contributed by atoms with E-state index >= 15 is 0 Å². The van der Waals surface area contributed by atoms with E-state index in [0.29, 0.717) is 11.6 Å². The zero-order valence-electron chi connectivity index (χ0n) is 25.1. The Labute approximate surface area is 252 Å². The molecule has 1 fully saturated rings. The van der Waals surface area contributed by atoms with Crippen molar-refractivity contribution in [3.8, 4) is 11.1 Å².